The molecule has 0 aliphatic carbocycles. The van der Waals surface area contributed by atoms with Gasteiger partial charge in [0, 0.05) is 5.33 Å². The molecule has 6 heteroatoms. The smallest absolute Gasteiger partial charge is 0.307 e. The van der Waals surface area contributed by atoms with Gasteiger partial charge in [-0.3, -0.25) is 9.59 Å². The number of carbonyl (C=O) groups is 2. The number of rotatable bonds is 6. The molecule has 0 N–H and O–H groups in total. The number of esters is 2. The molecule has 0 radical (unpaired) electrons. The van der Waals surface area contributed by atoms with Gasteiger partial charge in [-0.25, -0.2) is 0 Å². The van der Waals surface area contributed by atoms with Gasteiger partial charge in [-0.15, -0.1) is 0 Å². The molecular weight excluding hydrogens is 320 g/mol. The second-order valence-corrected chi connectivity index (χ2v) is 4.52. The summed E-state index contributed by atoms with van der Waals surface area (Å²) in [5.41, 5.74) is 0. The summed E-state index contributed by atoms with van der Waals surface area (Å²) in [6.07, 6.45) is 0.114. The molecule has 0 heterocycles. The van der Waals surface area contributed by atoms with E-state index in [2.05, 4.69) is 31.9 Å². The molecule has 0 aromatic heterocycles. The molecule has 0 spiro atoms. The standard InChI is InChI=1S/C8H12Br2O4/c1-6(10)14-8(12)3-2-7(11)13-5-4-9/h6H,2-5H2,1H3. The van der Waals surface area contributed by atoms with Crippen LogP contribution in [0.5, 0.6) is 0 Å². The first-order chi connectivity index (χ1) is 6.56. The Bertz CT molecular complexity index is 194. The minimum Gasteiger partial charge on any atom is -0.465 e. The molecule has 1 unspecified atom stereocenters. The summed E-state index contributed by atoms with van der Waals surface area (Å²) in [6, 6.07) is 0. The molecule has 0 fully saturated rings. The average Bonchev–Trinajstić information content (AvgIpc) is 2.10. The van der Waals surface area contributed by atoms with Gasteiger partial charge in [-0.2, -0.15) is 0 Å². The highest BCUT2D eigenvalue weighted by Crippen LogP contribution is 2.03. The summed E-state index contributed by atoms with van der Waals surface area (Å²) < 4.78 is 9.51. The van der Waals surface area contributed by atoms with Gasteiger partial charge >= 0.3 is 11.9 Å². The molecule has 0 aliphatic rings. The van der Waals surface area contributed by atoms with E-state index in [9.17, 15) is 9.59 Å². The third-order valence-corrected chi connectivity index (χ3v) is 1.68. The molecule has 0 bridgehead atoms. The van der Waals surface area contributed by atoms with Gasteiger partial charge in [-0.1, -0.05) is 15.9 Å². The molecule has 82 valence electrons. The minimum atomic E-state index is -0.412. The minimum absolute atomic E-state index is 0.0526. The Hall–Kier alpha value is -0.100. The van der Waals surface area contributed by atoms with E-state index in [1.807, 2.05) is 0 Å². The fourth-order valence-corrected chi connectivity index (χ4v) is 1.04. The van der Waals surface area contributed by atoms with Gasteiger partial charge in [0.1, 0.15) is 6.61 Å². The van der Waals surface area contributed by atoms with Crippen LogP contribution in [0, 0.1) is 0 Å². The molecule has 4 nitrogen and oxygen atoms in total. The van der Waals surface area contributed by atoms with E-state index in [0.717, 1.165) is 0 Å². The number of ether oxygens (including phenoxy) is 2. The molecule has 1 atom stereocenters. The highest BCUT2D eigenvalue weighted by molar-refractivity contribution is 9.09. The quantitative estimate of drug-likeness (QED) is 0.551. The normalized spacial score (nSPS) is 11.9. The first-order valence-electron chi connectivity index (χ1n) is 4.11. The Kier molecular flexibility index (Phi) is 8.17. The third-order valence-electron chi connectivity index (χ3n) is 1.17. The van der Waals surface area contributed by atoms with E-state index in [1.165, 1.54) is 0 Å². The molecular formula is C8H12Br2O4. The van der Waals surface area contributed by atoms with Crippen molar-refractivity contribution < 1.29 is 19.1 Å². The Morgan fingerprint density at radius 2 is 1.86 bits per heavy atom. The fourth-order valence-electron chi connectivity index (χ4n) is 0.669. The zero-order valence-electron chi connectivity index (χ0n) is 7.79. The van der Waals surface area contributed by atoms with E-state index in [0.29, 0.717) is 11.9 Å². The van der Waals surface area contributed by atoms with E-state index in [-0.39, 0.29) is 23.8 Å². The molecule has 0 aromatic carbocycles. The number of carbonyl (C=O) groups excluding carboxylic acids is 2. The van der Waals surface area contributed by atoms with Gasteiger partial charge in [0.15, 0.2) is 5.01 Å². The van der Waals surface area contributed by atoms with Crippen LogP contribution in [-0.2, 0) is 19.1 Å². The SMILES string of the molecule is CC(Br)OC(=O)CCC(=O)OCCBr. The highest BCUT2D eigenvalue weighted by atomic mass is 79.9. The van der Waals surface area contributed by atoms with E-state index < -0.39 is 5.97 Å². The molecule has 0 saturated carbocycles. The Morgan fingerprint density at radius 3 is 2.36 bits per heavy atom. The molecule has 14 heavy (non-hydrogen) atoms. The van der Waals surface area contributed by atoms with Crippen LogP contribution < -0.4 is 0 Å². The van der Waals surface area contributed by atoms with Crippen molar-refractivity contribution in [1.82, 2.24) is 0 Å². The van der Waals surface area contributed by atoms with Crippen LogP contribution in [-0.4, -0.2) is 28.9 Å². The lowest BCUT2D eigenvalue weighted by molar-refractivity contribution is -0.150. The summed E-state index contributed by atoms with van der Waals surface area (Å²) in [7, 11) is 0. The average molecular weight is 332 g/mol. The summed E-state index contributed by atoms with van der Waals surface area (Å²) >= 11 is 6.17. The third kappa shape index (κ3) is 8.50. The lowest BCUT2D eigenvalue weighted by Crippen LogP contribution is -2.13. The lowest BCUT2D eigenvalue weighted by atomic mass is 10.3. The van der Waals surface area contributed by atoms with Crippen molar-refractivity contribution in [1.29, 1.82) is 0 Å². The van der Waals surface area contributed by atoms with Crippen LogP contribution in [0.4, 0.5) is 0 Å². The second kappa shape index (κ2) is 8.23. The Labute approximate surface area is 99.6 Å². The van der Waals surface area contributed by atoms with Crippen molar-refractivity contribution in [3.05, 3.63) is 0 Å². The van der Waals surface area contributed by atoms with Crippen LogP contribution in [0.3, 0.4) is 0 Å². The van der Waals surface area contributed by atoms with Gasteiger partial charge in [0.2, 0.25) is 0 Å². The fraction of sp³-hybridized carbons (Fsp3) is 0.750. The maximum atomic E-state index is 11.0. The summed E-state index contributed by atoms with van der Waals surface area (Å²) in [6.45, 7) is 2.00. The number of halogens is 2. The Balaban J connectivity index is 3.51. The Morgan fingerprint density at radius 1 is 1.29 bits per heavy atom. The summed E-state index contributed by atoms with van der Waals surface area (Å²) in [5, 5.41) is 0.273. The van der Waals surface area contributed by atoms with Crippen LogP contribution in [0.1, 0.15) is 19.8 Å². The molecule has 0 saturated heterocycles. The summed E-state index contributed by atoms with van der Waals surface area (Å²) in [4.78, 5) is 21.9. The number of alkyl halides is 2. The van der Waals surface area contributed by atoms with E-state index >= 15 is 0 Å². The van der Waals surface area contributed by atoms with E-state index in [1.54, 1.807) is 6.92 Å². The van der Waals surface area contributed by atoms with Crippen LogP contribution in [0.2, 0.25) is 0 Å². The number of hydrogen-bond acceptors (Lipinski definition) is 4. The van der Waals surface area contributed by atoms with Gasteiger partial charge < -0.3 is 9.47 Å². The van der Waals surface area contributed by atoms with Gasteiger partial charge in [0.05, 0.1) is 12.8 Å². The maximum absolute atomic E-state index is 11.0. The predicted octanol–water partition coefficient (Wildman–Crippen LogP) is 1.99. The van der Waals surface area contributed by atoms with E-state index in [4.69, 9.17) is 9.47 Å². The van der Waals surface area contributed by atoms with Gasteiger partial charge in [0.25, 0.3) is 0 Å². The topological polar surface area (TPSA) is 52.6 Å². The zero-order chi connectivity index (χ0) is 11.0. The van der Waals surface area contributed by atoms with Crippen molar-refractivity contribution >= 4 is 43.8 Å². The second-order valence-electron chi connectivity index (χ2n) is 2.44. The highest BCUT2D eigenvalue weighted by Gasteiger charge is 2.10. The van der Waals surface area contributed by atoms with Crippen molar-refractivity contribution in [2.75, 3.05) is 11.9 Å². The van der Waals surface area contributed by atoms with Gasteiger partial charge in [-0.05, 0) is 22.9 Å². The zero-order valence-corrected chi connectivity index (χ0v) is 11.0. The van der Waals surface area contributed by atoms with Crippen molar-refractivity contribution in [2.45, 2.75) is 24.8 Å². The molecule has 0 aromatic rings. The molecule has 0 rings (SSSR count). The van der Waals surface area contributed by atoms with Crippen LogP contribution in [0.15, 0.2) is 0 Å². The summed E-state index contributed by atoms with van der Waals surface area (Å²) in [5.74, 6) is -0.797. The molecule has 0 aliphatic heterocycles. The van der Waals surface area contributed by atoms with Crippen molar-refractivity contribution in [2.24, 2.45) is 0 Å². The number of hydrogen-bond donors (Lipinski definition) is 0. The van der Waals surface area contributed by atoms with Crippen molar-refractivity contribution in [3.8, 4) is 0 Å². The van der Waals surface area contributed by atoms with Crippen LogP contribution in [0.25, 0.3) is 0 Å². The lowest BCUT2D eigenvalue weighted by Gasteiger charge is -2.06. The predicted molar refractivity (Wildman–Crippen MR) is 58.5 cm³/mol. The van der Waals surface area contributed by atoms with Crippen molar-refractivity contribution in [3.63, 3.8) is 0 Å². The maximum Gasteiger partial charge on any atom is 0.307 e. The van der Waals surface area contributed by atoms with Crippen LogP contribution >= 0.6 is 31.9 Å². The molecule has 0 amide bonds. The first-order valence-corrected chi connectivity index (χ1v) is 6.15. The largest absolute Gasteiger partial charge is 0.465 e. The monoisotopic (exact) mass is 330 g/mol. The first kappa shape index (κ1) is 13.9.